The lowest BCUT2D eigenvalue weighted by atomic mass is 9.84. The van der Waals surface area contributed by atoms with Crippen LogP contribution in [0.1, 0.15) is 37.0 Å². The first-order valence-electron chi connectivity index (χ1n) is 6.75. The summed E-state index contributed by atoms with van der Waals surface area (Å²) in [6, 6.07) is 8.82. The molecule has 1 fully saturated rings. The normalized spacial score (nSPS) is 36.8. The van der Waals surface area contributed by atoms with E-state index in [2.05, 4.69) is 30.4 Å². The minimum atomic E-state index is -0.269. The van der Waals surface area contributed by atoms with Gasteiger partial charge in [-0.15, -0.1) is 0 Å². The van der Waals surface area contributed by atoms with E-state index >= 15 is 0 Å². The van der Waals surface area contributed by atoms with Crippen molar-refractivity contribution in [3.05, 3.63) is 35.4 Å². The van der Waals surface area contributed by atoms with Crippen molar-refractivity contribution in [3.8, 4) is 0 Å². The van der Waals surface area contributed by atoms with E-state index in [9.17, 15) is 5.11 Å². The summed E-state index contributed by atoms with van der Waals surface area (Å²) in [6.07, 6.45) is 3.23. The highest BCUT2D eigenvalue weighted by Gasteiger charge is 2.37. The van der Waals surface area contributed by atoms with E-state index in [4.69, 9.17) is 0 Å². The fourth-order valence-corrected chi connectivity index (χ4v) is 3.44. The first kappa shape index (κ1) is 11.2. The molecule has 0 aromatic heterocycles. The molecule has 0 bridgehead atoms. The van der Waals surface area contributed by atoms with Gasteiger partial charge in [0.15, 0.2) is 0 Å². The summed E-state index contributed by atoms with van der Waals surface area (Å²) in [7, 11) is 0. The van der Waals surface area contributed by atoms with Crippen LogP contribution in [0, 0.1) is 11.8 Å². The van der Waals surface area contributed by atoms with Gasteiger partial charge in [-0.25, -0.2) is 0 Å². The predicted molar refractivity (Wildman–Crippen MR) is 68.8 cm³/mol. The molecule has 3 rings (SSSR count). The van der Waals surface area contributed by atoms with Crippen LogP contribution in [0.15, 0.2) is 24.3 Å². The van der Waals surface area contributed by atoms with Gasteiger partial charge in [0.2, 0.25) is 0 Å². The van der Waals surface area contributed by atoms with Crippen LogP contribution < -0.4 is 5.32 Å². The molecule has 4 unspecified atom stereocenters. The fraction of sp³-hybridized carbons (Fsp3) is 0.600. The number of hydrogen-bond donors (Lipinski definition) is 2. The monoisotopic (exact) mass is 231 g/mol. The van der Waals surface area contributed by atoms with Crippen molar-refractivity contribution < 1.29 is 5.11 Å². The van der Waals surface area contributed by atoms with Gasteiger partial charge in [-0.1, -0.05) is 31.2 Å². The van der Waals surface area contributed by atoms with E-state index < -0.39 is 0 Å². The molecule has 1 aliphatic heterocycles. The lowest BCUT2D eigenvalue weighted by molar-refractivity contribution is 0.0837. The number of piperidine rings is 1. The number of rotatable bonds is 1. The van der Waals surface area contributed by atoms with Gasteiger partial charge in [0.25, 0.3) is 0 Å². The molecule has 2 aliphatic rings. The quantitative estimate of drug-likeness (QED) is 0.777. The van der Waals surface area contributed by atoms with Gasteiger partial charge in [0, 0.05) is 12.0 Å². The van der Waals surface area contributed by atoms with Crippen LogP contribution >= 0.6 is 0 Å². The third kappa shape index (κ3) is 2.00. The van der Waals surface area contributed by atoms with Gasteiger partial charge in [0.05, 0.1) is 6.10 Å². The molecule has 1 aromatic carbocycles. The van der Waals surface area contributed by atoms with Crippen molar-refractivity contribution in [1.29, 1.82) is 0 Å². The highest BCUT2D eigenvalue weighted by atomic mass is 16.3. The molecule has 1 saturated heterocycles. The van der Waals surface area contributed by atoms with E-state index in [1.54, 1.807) is 0 Å². The molecule has 0 radical (unpaired) electrons. The van der Waals surface area contributed by atoms with Crippen LogP contribution in [0.3, 0.4) is 0 Å². The summed E-state index contributed by atoms with van der Waals surface area (Å²) in [6.45, 7) is 3.42. The average molecular weight is 231 g/mol. The molecule has 4 atom stereocenters. The molecular weight excluding hydrogens is 210 g/mol. The Morgan fingerprint density at radius 3 is 2.88 bits per heavy atom. The van der Waals surface area contributed by atoms with Crippen molar-refractivity contribution in [2.75, 3.05) is 6.54 Å². The zero-order chi connectivity index (χ0) is 11.8. The second-order valence-corrected chi connectivity index (χ2v) is 5.70. The minimum Gasteiger partial charge on any atom is -0.388 e. The maximum Gasteiger partial charge on any atom is 0.0838 e. The molecule has 1 heterocycles. The van der Waals surface area contributed by atoms with E-state index in [0.717, 1.165) is 24.4 Å². The minimum absolute atomic E-state index is 0.269. The van der Waals surface area contributed by atoms with Crippen molar-refractivity contribution in [2.45, 2.75) is 38.3 Å². The van der Waals surface area contributed by atoms with Gasteiger partial charge in [-0.05, 0) is 42.9 Å². The first-order chi connectivity index (χ1) is 8.25. The van der Waals surface area contributed by atoms with Crippen LogP contribution in [0.5, 0.6) is 0 Å². The SMILES string of the molecule is CC1CCNC(C2Cc3ccccc3C2O)C1. The van der Waals surface area contributed by atoms with Gasteiger partial charge >= 0.3 is 0 Å². The van der Waals surface area contributed by atoms with Crippen LogP contribution in [-0.2, 0) is 6.42 Å². The Kier molecular flexibility index (Phi) is 2.93. The summed E-state index contributed by atoms with van der Waals surface area (Å²) in [5, 5.41) is 14.0. The molecule has 1 aliphatic carbocycles. The number of aliphatic hydroxyl groups is 1. The predicted octanol–water partition coefficient (Wildman–Crippen LogP) is 2.28. The van der Waals surface area contributed by atoms with Gasteiger partial charge < -0.3 is 10.4 Å². The molecule has 2 heteroatoms. The lowest BCUT2D eigenvalue weighted by Crippen LogP contribution is -2.43. The molecule has 17 heavy (non-hydrogen) atoms. The van der Waals surface area contributed by atoms with Crippen molar-refractivity contribution >= 4 is 0 Å². The Labute approximate surface area is 103 Å². The van der Waals surface area contributed by atoms with Gasteiger partial charge in [-0.2, -0.15) is 0 Å². The maximum atomic E-state index is 10.4. The zero-order valence-electron chi connectivity index (χ0n) is 10.4. The molecule has 92 valence electrons. The van der Waals surface area contributed by atoms with Crippen LogP contribution in [0.4, 0.5) is 0 Å². The Bertz CT molecular complexity index is 404. The summed E-state index contributed by atoms with van der Waals surface area (Å²) in [4.78, 5) is 0. The Morgan fingerprint density at radius 2 is 2.12 bits per heavy atom. The van der Waals surface area contributed by atoms with Crippen LogP contribution in [0.2, 0.25) is 0 Å². The van der Waals surface area contributed by atoms with Crippen molar-refractivity contribution in [2.24, 2.45) is 11.8 Å². The Hall–Kier alpha value is -0.860. The number of hydrogen-bond acceptors (Lipinski definition) is 2. The molecule has 1 aromatic rings. The van der Waals surface area contributed by atoms with E-state index in [-0.39, 0.29) is 6.10 Å². The molecule has 0 spiro atoms. The summed E-state index contributed by atoms with van der Waals surface area (Å²) in [5.74, 6) is 1.16. The van der Waals surface area contributed by atoms with Crippen molar-refractivity contribution in [1.82, 2.24) is 5.32 Å². The van der Waals surface area contributed by atoms with E-state index in [1.807, 2.05) is 6.07 Å². The highest BCUT2D eigenvalue weighted by molar-refractivity contribution is 5.35. The van der Waals surface area contributed by atoms with E-state index in [1.165, 1.54) is 18.4 Å². The molecule has 0 saturated carbocycles. The second-order valence-electron chi connectivity index (χ2n) is 5.70. The number of aliphatic hydroxyl groups excluding tert-OH is 1. The third-order valence-corrected chi connectivity index (χ3v) is 4.45. The number of benzene rings is 1. The molecule has 2 nitrogen and oxygen atoms in total. The number of nitrogens with one attached hydrogen (secondary N) is 1. The average Bonchev–Trinajstić information content (AvgIpc) is 2.68. The summed E-state index contributed by atoms with van der Waals surface area (Å²) in [5.41, 5.74) is 2.49. The second kappa shape index (κ2) is 4.43. The summed E-state index contributed by atoms with van der Waals surface area (Å²) >= 11 is 0. The van der Waals surface area contributed by atoms with Crippen molar-refractivity contribution in [3.63, 3.8) is 0 Å². The Morgan fingerprint density at radius 1 is 1.29 bits per heavy atom. The summed E-state index contributed by atoms with van der Waals surface area (Å²) < 4.78 is 0. The van der Waals surface area contributed by atoms with Gasteiger partial charge in [0.1, 0.15) is 0 Å². The topological polar surface area (TPSA) is 32.3 Å². The first-order valence-corrected chi connectivity index (χ1v) is 6.75. The third-order valence-electron chi connectivity index (χ3n) is 4.45. The molecule has 0 amide bonds. The largest absolute Gasteiger partial charge is 0.388 e. The zero-order valence-corrected chi connectivity index (χ0v) is 10.4. The fourth-order valence-electron chi connectivity index (χ4n) is 3.44. The maximum absolute atomic E-state index is 10.4. The highest BCUT2D eigenvalue weighted by Crippen LogP contribution is 2.39. The number of fused-ring (bicyclic) bond motifs is 1. The smallest absolute Gasteiger partial charge is 0.0838 e. The van der Waals surface area contributed by atoms with E-state index in [0.29, 0.717) is 12.0 Å². The Balaban J connectivity index is 1.79. The lowest BCUT2D eigenvalue weighted by Gasteiger charge is -2.34. The van der Waals surface area contributed by atoms with Crippen LogP contribution in [-0.4, -0.2) is 17.7 Å². The molecule has 2 N–H and O–H groups in total. The standard InChI is InChI=1S/C15H21NO/c1-10-6-7-16-14(8-10)13-9-11-4-2-3-5-12(11)15(13)17/h2-5,10,13-17H,6-9H2,1H3. The van der Waals surface area contributed by atoms with Gasteiger partial charge in [-0.3, -0.25) is 0 Å². The molecular formula is C15H21NO. The van der Waals surface area contributed by atoms with Crippen LogP contribution in [0.25, 0.3) is 0 Å².